The fraction of sp³-hybridized carbons (Fsp3) is 0.444. The van der Waals surface area contributed by atoms with Crippen molar-refractivity contribution in [3.8, 4) is 0 Å². The molecular formula is C9H12INO. The highest BCUT2D eigenvalue weighted by molar-refractivity contribution is 14.1. The van der Waals surface area contributed by atoms with Crippen molar-refractivity contribution in [3.63, 3.8) is 0 Å². The number of aromatic nitrogens is 1. The molecule has 1 aromatic heterocycles. The van der Waals surface area contributed by atoms with E-state index in [1.54, 1.807) is 0 Å². The zero-order valence-corrected chi connectivity index (χ0v) is 9.21. The lowest BCUT2D eigenvalue weighted by Crippen LogP contribution is -1.93. The molecule has 1 aromatic rings. The van der Waals surface area contributed by atoms with Crippen LogP contribution in [0.5, 0.6) is 0 Å². The molecule has 0 atom stereocenters. The van der Waals surface area contributed by atoms with Crippen molar-refractivity contribution in [2.75, 3.05) is 6.61 Å². The second-order valence-electron chi connectivity index (χ2n) is 2.74. The minimum atomic E-state index is 0.254. The van der Waals surface area contributed by atoms with Crippen molar-refractivity contribution >= 4 is 22.6 Å². The number of hydrogen-bond donors (Lipinski definition) is 1. The first-order chi connectivity index (χ1) is 5.74. The maximum absolute atomic E-state index is 8.63. The normalized spacial score (nSPS) is 10.2. The summed E-state index contributed by atoms with van der Waals surface area (Å²) in [5.41, 5.74) is 2.28. The predicted molar refractivity (Wildman–Crippen MR) is 57.1 cm³/mol. The summed E-state index contributed by atoms with van der Waals surface area (Å²) in [7, 11) is 0. The third-order valence-corrected chi connectivity index (χ3v) is 2.80. The van der Waals surface area contributed by atoms with Gasteiger partial charge < -0.3 is 5.11 Å². The first-order valence-corrected chi connectivity index (χ1v) is 5.04. The Balaban J connectivity index is 2.69. The van der Waals surface area contributed by atoms with Crippen molar-refractivity contribution in [1.82, 2.24) is 4.98 Å². The summed E-state index contributed by atoms with van der Waals surface area (Å²) in [6.45, 7) is 2.25. The molecule has 0 aliphatic carbocycles. The van der Waals surface area contributed by atoms with E-state index in [4.69, 9.17) is 5.11 Å². The van der Waals surface area contributed by atoms with Crippen LogP contribution in [0.2, 0.25) is 0 Å². The summed E-state index contributed by atoms with van der Waals surface area (Å²) < 4.78 is 1.20. The molecule has 0 radical (unpaired) electrons. The van der Waals surface area contributed by atoms with Gasteiger partial charge in [-0.15, -0.1) is 0 Å². The Bertz CT molecular complexity index is 263. The van der Waals surface area contributed by atoms with Gasteiger partial charge in [0.05, 0.1) is 5.69 Å². The molecule has 1 N–H and O–H groups in total. The number of aliphatic hydroxyl groups is 1. The monoisotopic (exact) mass is 277 g/mol. The van der Waals surface area contributed by atoms with E-state index in [0.29, 0.717) is 0 Å². The van der Waals surface area contributed by atoms with Crippen LogP contribution in [-0.2, 0) is 6.42 Å². The van der Waals surface area contributed by atoms with E-state index in [2.05, 4.69) is 33.6 Å². The number of rotatable bonds is 3. The van der Waals surface area contributed by atoms with Crippen LogP contribution in [0.4, 0.5) is 0 Å². The van der Waals surface area contributed by atoms with Crippen molar-refractivity contribution in [2.45, 2.75) is 19.8 Å². The Morgan fingerprint density at radius 3 is 2.92 bits per heavy atom. The summed E-state index contributed by atoms with van der Waals surface area (Å²) in [6.07, 6.45) is 3.62. The van der Waals surface area contributed by atoms with Crippen molar-refractivity contribution < 1.29 is 5.11 Å². The van der Waals surface area contributed by atoms with Crippen LogP contribution < -0.4 is 0 Å². The van der Waals surface area contributed by atoms with E-state index in [-0.39, 0.29) is 6.61 Å². The summed E-state index contributed by atoms with van der Waals surface area (Å²) in [4.78, 5) is 4.24. The summed E-state index contributed by atoms with van der Waals surface area (Å²) in [5.74, 6) is 0. The van der Waals surface area contributed by atoms with Crippen molar-refractivity contribution in [2.24, 2.45) is 0 Å². The molecule has 0 aromatic carbocycles. The van der Waals surface area contributed by atoms with Gasteiger partial charge >= 0.3 is 0 Å². The van der Waals surface area contributed by atoms with E-state index >= 15 is 0 Å². The highest BCUT2D eigenvalue weighted by atomic mass is 127. The molecule has 0 bridgehead atoms. The van der Waals surface area contributed by atoms with Gasteiger partial charge in [0, 0.05) is 16.4 Å². The Morgan fingerprint density at radius 1 is 1.58 bits per heavy atom. The second-order valence-corrected chi connectivity index (χ2v) is 3.90. The van der Waals surface area contributed by atoms with Gasteiger partial charge in [0.15, 0.2) is 0 Å². The maximum atomic E-state index is 8.63. The first-order valence-electron chi connectivity index (χ1n) is 3.96. The Hall–Kier alpha value is -0.160. The van der Waals surface area contributed by atoms with Gasteiger partial charge in [0.25, 0.3) is 0 Å². The van der Waals surface area contributed by atoms with Crippen LogP contribution in [-0.4, -0.2) is 16.7 Å². The zero-order valence-electron chi connectivity index (χ0n) is 7.05. The largest absolute Gasteiger partial charge is 0.396 e. The lowest BCUT2D eigenvalue weighted by atomic mass is 10.1. The van der Waals surface area contributed by atoms with E-state index in [9.17, 15) is 0 Å². The van der Waals surface area contributed by atoms with E-state index in [1.807, 2.05) is 13.1 Å². The summed E-state index contributed by atoms with van der Waals surface area (Å²) in [5, 5.41) is 8.63. The summed E-state index contributed by atoms with van der Waals surface area (Å²) in [6, 6.07) is 2.12. The number of pyridine rings is 1. The number of hydrogen-bond acceptors (Lipinski definition) is 2. The highest BCUT2D eigenvalue weighted by Gasteiger charge is 1.97. The molecule has 0 aliphatic heterocycles. The Labute approximate surface area is 86.2 Å². The lowest BCUT2D eigenvalue weighted by molar-refractivity contribution is 0.288. The van der Waals surface area contributed by atoms with Crippen LogP contribution in [0.1, 0.15) is 17.7 Å². The third kappa shape index (κ3) is 2.71. The van der Waals surface area contributed by atoms with E-state index in [1.165, 1.54) is 9.13 Å². The lowest BCUT2D eigenvalue weighted by Gasteiger charge is -2.01. The minimum absolute atomic E-state index is 0.254. The number of aryl methyl sites for hydroxylation is 2. The van der Waals surface area contributed by atoms with Crippen LogP contribution >= 0.6 is 22.6 Å². The van der Waals surface area contributed by atoms with Crippen LogP contribution in [0.25, 0.3) is 0 Å². The molecule has 0 saturated carbocycles. The quantitative estimate of drug-likeness (QED) is 0.856. The van der Waals surface area contributed by atoms with Gasteiger partial charge in [0.1, 0.15) is 0 Å². The highest BCUT2D eigenvalue weighted by Crippen LogP contribution is 2.11. The van der Waals surface area contributed by atoms with E-state index in [0.717, 1.165) is 18.5 Å². The minimum Gasteiger partial charge on any atom is -0.396 e. The van der Waals surface area contributed by atoms with Gasteiger partial charge in [-0.25, -0.2) is 0 Å². The smallest absolute Gasteiger partial charge is 0.0506 e. The molecule has 0 amide bonds. The molecule has 2 nitrogen and oxygen atoms in total. The molecule has 1 rings (SSSR count). The van der Waals surface area contributed by atoms with Crippen LogP contribution in [0.15, 0.2) is 12.3 Å². The Morgan fingerprint density at radius 2 is 2.33 bits per heavy atom. The number of halogens is 1. The van der Waals surface area contributed by atoms with E-state index < -0.39 is 0 Å². The summed E-state index contributed by atoms with van der Waals surface area (Å²) >= 11 is 2.28. The SMILES string of the molecule is Cc1ncc(CCCO)cc1I. The maximum Gasteiger partial charge on any atom is 0.0506 e. The topological polar surface area (TPSA) is 33.1 Å². The zero-order chi connectivity index (χ0) is 8.97. The molecule has 0 unspecified atom stereocenters. The van der Waals surface area contributed by atoms with Crippen LogP contribution in [0, 0.1) is 10.5 Å². The molecule has 3 heteroatoms. The Kier molecular flexibility index (Phi) is 3.94. The van der Waals surface area contributed by atoms with Crippen molar-refractivity contribution in [1.29, 1.82) is 0 Å². The average Bonchev–Trinajstić information content (AvgIpc) is 2.07. The number of aliphatic hydroxyl groups excluding tert-OH is 1. The van der Waals surface area contributed by atoms with Gasteiger partial charge in [-0.1, -0.05) is 0 Å². The average molecular weight is 277 g/mol. The fourth-order valence-corrected chi connectivity index (χ4v) is 1.51. The molecular weight excluding hydrogens is 265 g/mol. The van der Waals surface area contributed by atoms with Crippen LogP contribution in [0.3, 0.4) is 0 Å². The van der Waals surface area contributed by atoms with Gasteiger partial charge in [-0.05, 0) is 54.0 Å². The molecule has 0 saturated heterocycles. The standard InChI is InChI=1S/C9H12INO/c1-7-9(10)5-8(6-11-7)3-2-4-12/h5-6,12H,2-4H2,1H3. The van der Waals surface area contributed by atoms with Crippen molar-refractivity contribution in [3.05, 3.63) is 27.1 Å². The molecule has 0 aliphatic rings. The van der Waals surface area contributed by atoms with Gasteiger partial charge in [-0.3, -0.25) is 4.98 Å². The predicted octanol–water partition coefficient (Wildman–Crippen LogP) is 1.92. The number of nitrogens with zero attached hydrogens (tertiary/aromatic N) is 1. The van der Waals surface area contributed by atoms with Gasteiger partial charge in [-0.2, -0.15) is 0 Å². The third-order valence-electron chi connectivity index (χ3n) is 1.71. The molecule has 0 spiro atoms. The first kappa shape index (κ1) is 9.92. The second kappa shape index (κ2) is 4.77. The van der Waals surface area contributed by atoms with Gasteiger partial charge in [0.2, 0.25) is 0 Å². The molecule has 0 fully saturated rings. The fourth-order valence-electron chi connectivity index (χ4n) is 0.966. The molecule has 12 heavy (non-hydrogen) atoms. The molecule has 66 valence electrons. The molecule has 1 heterocycles.